The van der Waals surface area contributed by atoms with Crippen LogP contribution in [-0.2, 0) is 14.4 Å². The lowest BCUT2D eigenvalue weighted by atomic mass is 10.1. The molecule has 2 aromatic rings. The van der Waals surface area contributed by atoms with Crippen molar-refractivity contribution in [3.8, 4) is 11.5 Å². The normalized spacial score (nSPS) is 10.5. The van der Waals surface area contributed by atoms with Crippen molar-refractivity contribution in [2.24, 2.45) is 5.10 Å². The van der Waals surface area contributed by atoms with Gasteiger partial charge in [-0.3, -0.25) is 14.4 Å². The van der Waals surface area contributed by atoms with Gasteiger partial charge in [-0.25, -0.2) is 5.43 Å². The molecule has 0 fully saturated rings. The highest BCUT2D eigenvalue weighted by Gasteiger charge is 2.15. The van der Waals surface area contributed by atoms with Gasteiger partial charge in [0.05, 0.1) is 17.8 Å². The summed E-state index contributed by atoms with van der Waals surface area (Å²) < 4.78 is 11.6. The highest BCUT2D eigenvalue weighted by Crippen LogP contribution is 2.36. The minimum absolute atomic E-state index is 0.223. The third-order valence-electron chi connectivity index (χ3n) is 4.27. The van der Waals surface area contributed by atoms with E-state index in [1.807, 2.05) is 32.0 Å². The number of anilines is 1. The number of rotatable bonds is 8. The number of para-hydroxylation sites is 1. The Morgan fingerprint density at radius 3 is 2.44 bits per heavy atom. The van der Waals surface area contributed by atoms with Gasteiger partial charge in [-0.05, 0) is 65.5 Å². The molecule has 0 spiro atoms. The summed E-state index contributed by atoms with van der Waals surface area (Å²) in [7, 11) is 1.46. The number of likely N-dealkylation sites (N-methyl/N-ethyl adjacent to an activating group) is 1. The molecule has 0 saturated heterocycles. The number of nitrogens with zero attached hydrogens (tertiary/aromatic N) is 1. The number of ether oxygens (including phenoxy) is 2. The molecule has 0 saturated carbocycles. The predicted molar refractivity (Wildman–Crippen MR) is 125 cm³/mol. The van der Waals surface area contributed by atoms with Gasteiger partial charge in [0.1, 0.15) is 0 Å². The average molecular weight is 505 g/mol. The number of benzene rings is 2. The van der Waals surface area contributed by atoms with Crippen LogP contribution in [0.2, 0.25) is 0 Å². The Morgan fingerprint density at radius 1 is 1.12 bits per heavy atom. The van der Waals surface area contributed by atoms with E-state index in [1.54, 1.807) is 19.1 Å². The van der Waals surface area contributed by atoms with Crippen LogP contribution >= 0.6 is 15.9 Å². The van der Waals surface area contributed by atoms with Crippen LogP contribution in [0.4, 0.5) is 5.69 Å². The van der Waals surface area contributed by atoms with Crippen molar-refractivity contribution in [1.29, 1.82) is 0 Å². The fourth-order valence-electron chi connectivity index (χ4n) is 2.74. The van der Waals surface area contributed by atoms with Crippen molar-refractivity contribution in [3.05, 3.63) is 51.5 Å². The number of methoxy groups -OCH3 is 1. The summed E-state index contributed by atoms with van der Waals surface area (Å²) in [5.41, 5.74) is 5.38. The Bertz CT molecular complexity index is 1020. The van der Waals surface area contributed by atoms with Gasteiger partial charge in [-0.1, -0.05) is 18.2 Å². The van der Waals surface area contributed by atoms with Crippen LogP contribution in [0.3, 0.4) is 0 Å². The number of halogens is 1. The molecule has 0 aromatic heterocycles. The average Bonchev–Trinajstić information content (AvgIpc) is 2.75. The SMILES string of the molecule is CCNC(=O)C(=O)N/N=C\c1cc(Br)c(OCC(=O)Nc2c(C)cccc2C)c(OC)c1. The van der Waals surface area contributed by atoms with Gasteiger partial charge in [-0.2, -0.15) is 5.10 Å². The zero-order valence-corrected chi connectivity index (χ0v) is 19.8. The standard InChI is InChI=1S/C22H25BrN4O5/c1-5-24-21(29)22(30)27-25-11-15-9-16(23)20(17(10-15)31-4)32-12-18(28)26-19-13(2)7-6-8-14(19)3/h6-11H,5,12H2,1-4H3,(H,24,29)(H,26,28)(H,27,30)/b25-11-. The van der Waals surface area contributed by atoms with Crippen LogP contribution in [0.15, 0.2) is 39.9 Å². The summed E-state index contributed by atoms with van der Waals surface area (Å²) in [4.78, 5) is 35.3. The molecule has 0 aliphatic rings. The Morgan fingerprint density at radius 2 is 1.81 bits per heavy atom. The van der Waals surface area contributed by atoms with E-state index in [4.69, 9.17) is 9.47 Å². The molecule has 10 heteroatoms. The van der Waals surface area contributed by atoms with Crippen LogP contribution in [-0.4, -0.2) is 44.2 Å². The zero-order chi connectivity index (χ0) is 23.7. The highest BCUT2D eigenvalue weighted by molar-refractivity contribution is 9.10. The second kappa shape index (κ2) is 11.8. The Hall–Kier alpha value is -3.40. The number of amides is 3. The van der Waals surface area contributed by atoms with Crippen molar-refractivity contribution in [1.82, 2.24) is 10.7 Å². The molecule has 0 unspecified atom stereocenters. The van der Waals surface area contributed by atoms with Gasteiger partial charge in [0.25, 0.3) is 5.91 Å². The zero-order valence-electron chi connectivity index (χ0n) is 18.2. The minimum atomic E-state index is -0.871. The molecule has 0 atom stereocenters. The highest BCUT2D eigenvalue weighted by atomic mass is 79.9. The molecule has 0 radical (unpaired) electrons. The number of hydrogen-bond donors (Lipinski definition) is 3. The van der Waals surface area contributed by atoms with E-state index in [0.717, 1.165) is 16.8 Å². The minimum Gasteiger partial charge on any atom is -0.493 e. The van der Waals surface area contributed by atoms with E-state index in [0.29, 0.717) is 28.1 Å². The number of carbonyl (C=O) groups is 3. The van der Waals surface area contributed by atoms with E-state index >= 15 is 0 Å². The van der Waals surface area contributed by atoms with Crippen molar-refractivity contribution in [2.45, 2.75) is 20.8 Å². The third-order valence-corrected chi connectivity index (χ3v) is 4.86. The lowest BCUT2D eigenvalue weighted by molar-refractivity contribution is -0.139. The second-order valence-corrected chi connectivity index (χ2v) is 7.55. The molecule has 0 heterocycles. The lowest BCUT2D eigenvalue weighted by Crippen LogP contribution is -2.37. The summed E-state index contributed by atoms with van der Waals surface area (Å²) in [5, 5.41) is 8.99. The summed E-state index contributed by atoms with van der Waals surface area (Å²) in [6.07, 6.45) is 1.35. The first-order chi connectivity index (χ1) is 15.3. The van der Waals surface area contributed by atoms with E-state index in [-0.39, 0.29) is 12.5 Å². The molecule has 3 N–H and O–H groups in total. The molecule has 0 bridgehead atoms. The van der Waals surface area contributed by atoms with Crippen LogP contribution in [0.1, 0.15) is 23.6 Å². The molecule has 3 amide bonds. The van der Waals surface area contributed by atoms with E-state index in [9.17, 15) is 14.4 Å². The predicted octanol–water partition coefficient (Wildman–Crippen LogP) is 2.68. The van der Waals surface area contributed by atoms with Gasteiger partial charge in [0.15, 0.2) is 18.1 Å². The molecule has 2 rings (SSSR count). The summed E-state index contributed by atoms with van der Waals surface area (Å²) >= 11 is 3.39. The molecule has 0 aliphatic carbocycles. The van der Waals surface area contributed by atoms with Crippen molar-refractivity contribution in [3.63, 3.8) is 0 Å². The number of hydrogen-bond acceptors (Lipinski definition) is 6. The Labute approximate surface area is 194 Å². The van der Waals surface area contributed by atoms with Crippen LogP contribution < -0.4 is 25.5 Å². The van der Waals surface area contributed by atoms with Gasteiger partial charge < -0.3 is 20.1 Å². The number of aryl methyl sites for hydroxylation is 2. The Kier molecular flexibility index (Phi) is 9.21. The van der Waals surface area contributed by atoms with Gasteiger partial charge in [0, 0.05) is 12.2 Å². The number of nitrogens with one attached hydrogen (secondary N) is 3. The molecule has 170 valence electrons. The van der Waals surface area contributed by atoms with Crippen LogP contribution in [0.5, 0.6) is 11.5 Å². The lowest BCUT2D eigenvalue weighted by Gasteiger charge is -2.15. The van der Waals surface area contributed by atoms with E-state index in [1.165, 1.54) is 13.3 Å². The number of hydrazone groups is 1. The quantitative estimate of drug-likeness (QED) is 0.290. The molecular weight excluding hydrogens is 480 g/mol. The molecular formula is C22H25BrN4O5. The maximum Gasteiger partial charge on any atom is 0.329 e. The van der Waals surface area contributed by atoms with E-state index < -0.39 is 11.8 Å². The summed E-state index contributed by atoms with van der Waals surface area (Å²) in [5.74, 6) is -1.26. The molecule has 2 aromatic carbocycles. The van der Waals surface area contributed by atoms with E-state index in [2.05, 4.69) is 37.1 Å². The van der Waals surface area contributed by atoms with Crippen molar-refractivity contribution < 1.29 is 23.9 Å². The van der Waals surface area contributed by atoms with Gasteiger partial charge in [0.2, 0.25) is 0 Å². The van der Waals surface area contributed by atoms with Crippen molar-refractivity contribution in [2.75, 3.05) is 25.6 Å². The smallest absolute Gasteiger partial charge is 0.329 e. The van der Waals surface area contributed by atoms with Crippen LogP contribution in [0.25, 0.3) is 0 Å². The van der Waals surface area contributed by atoms with Crippen LogP contribution in [0, 0.1) is 13.8 Å². The third kappa shape index (κ3) is 6.81. The molecule has 32 heavy (non-hydrogen) atoms. The maximum atomic E-state index is 12.4. The largest absolute Gasteiger partial charge is 0.493 e. The first-order valence-electron chi connectivity index (χ1n) is 9.74. The van der Waals surface area contributed by atoms with Gasteiger partial charge in [-0.15, -0.1) is 0 Å². The maximum absolute atomic E-state index is 12.4. The fourth-order valence-corrected chi connectivity index (χ4v) is 3.31. The van der Waals surface area contributed by atoms with Crippen molar-refractivity contribution >= 4 is 45.6 Å². The van der Waals surface area contributed by atoms with Gasteiger partial charge >= 0.3 is 11.8 Å². The summed E-state index contributed by atoms with van der Waals surface area (Å²) in [6, 6.07) is 9.05. The topological polar surface area (TPSA) is 118 Å². The monoisotopic (exact) mass is 504 g/mol. The first kappa shape index (κ1) is 24.9. The summed E-state index contributed by atoms with van der Waals surface area (Å²) in [6.45, 7) is 5.65. The molecule has 9 nitrogen and oxygen atoms in total. The number of carbonyl (C=O) groups excluding carboxylic acids is 3. The second-order valence-electron chi connectivity index (χ2n) is 6.70. The molecule has 0 aliphatic heterocycles. The fraction of sp³-hybridized carbons (Fsp3) is 0.273. The Balaban J connectivity index is 2.05. The first-order valence-corrected chi connectivity index (χ1v) is 10.5.